The van der Waals surface area contributed by atoms with Crippen LogP contribution in [0.25, 0.3) is 0 Å². The highest BCUT2D eigenvalue weighted by Gasteiger charge is 2.23. The van der Waals surface area contributed by atoms with Gasteiger partial charge in [0, 0.05) is 37.8 Å². The van der Waals surface area contributed by atoms with Crippen LogP contribution in [0.5, 0.6) is 0 Å². The summed E-state index contributed by atoms with van der Waals surface area (Å²) in [5.41, 5.74) is 1.25. The zero-order valence-electron chi connectivity index (χ0n) is 23.9. The van der Waals surface area contributed by atoms with Crippen LogP contribution >= 0.6 is 0 Å². The molecule has 220 valence electrons. The number of anilines is 1. The highest BCUT2D eigenvalue weighted by Crippen LogP contribution is 2.22. The lowest BCUT2D eigenvalue weighted by Crippen LogP contribution is -2.52. The van der Waals surface area contributed by atoms with Crippen LogP contribution < -0.4 is 25.6 Å². The molecule has 0 aromatic heterocycles. The third kappa shape index (κ3) is 9.92. The smallest absolute Gasteiger partial charge is 0.251 e. The molecule has 0 fully saturated rings. The maximum Gasteiger partial charge on any atom is 0.251 e. The molecular weight excluding hydrogens is 534 g/mol. The first kappa shape index (κ1) is 32.7. The fraction of sp³-hybridized carbons (Fsp3) is 0.464. The molecule has 0 aliphatic heterocycles. The molecule has 2 aromatic rings. The minimum Gasteiger partial charge on any atom is -0.391 e. The standard InChI is InChI=1S/C28H41N5O6S/c1-18(2)17-31-28(37)25(20(4)34)29-12-13-30-26(35)22-14-23(16-24(15-22)33(5)40(6,38)39)27(36)32-19(3)21-10-8-7-9-11-21/h7-11,14-16,18-20,25,29,34H,12-13,17H2,1-6H3,(H,30,35)(H,31,37)(H,32,36)/t19-,20-,25+/m1/s1. The van der Waals surface area contributed by atoms with Crippen molar-refractivity contribution < 1.29 is 27.9 Å². The molecule has 0 aliphatic carbocycles. The molecule has 2 aromatic carbocycles. The number of hydrogen-bond acceptors (Lipinski definition) is 7. The predicted octanol–water partition coefficient (Wildman–Crippen LogP) is 1.41. The van der Waals surface area contributed by atoms with Gasteiger partial charge in [0.2, 0.25) is 15.9 Å². The van der Waals surface area contributed by atoms with Crippen LogP contribution in [-0.2, 0) is 14.8 Å². The topological polar surface area (TPSA) is 157 Å². The van der Waals surface area contributed by atoms with Crippen molar-refractivity contribution in [3.8, 4) is 0 Å². The van der Waals surface area contributed by atoms with E-state index in [1.807, 2.05) is 51.1 Å². The summed E-state index contributed by atoms with van der Waals surface area (Å²) < 4.78 is 25.4. The van der Waals surface area contributed by atoms with Gasteiger partial charge in [0.15, 0.2) is 0 Å². The van der Waals surface area contributed by atoms with E-state index in [1.165, 1.54) is 32.2 Å². The van der Waals surface area contributed by atoms with Crippen molar-refractivity contribution in [3.05, 3.63) is 65.2 Å². The van der Waals surface area contributed by atoms with Crippen LogP contribution in [0, 0.1) is 5.92 Å². The number of nitrogens with zero attached hydrogens (tertiary/aromatic N) is 1. The maximum absolute atomic E-state index is 13.1. The van der Waals surface area contributed by atoms with Crippen LogP contribution in [0.15, 0.2) is 48.5 Å². The van der Waals surface area contributed by atoms with Gasteiger partial charge in [-0.05, 0) is 43.5 Å². The molecule has 0 aliphatic rings. The first-order valence-electron chi connectivity index (χ1n) is 13.1. The van der Waals surface area contributed by atoms with E-state index in [-0.39, 0.29) is 47.8 Å². The largest absolute Gasteiger partial charge is 0.391 e. The Hall–Kier alpha value is -3.48. The van der Waals surface area contributed by atoms with Crippen molar-refractivity contribution in [1.82, 2.24) is 21.3 Å². The average Bonchev–Trinajstić information content (AvgIpc) is 2.90. The number of sulfonamides is 1. The van der Waals surface area contributed by atoms with Gasteiger partial charge in [-0.1, -0.05) is 44.2 Å². The molecule has 40 heavy (non-hydrogen) atoms. The molecule has 12 heteroatoms. The van der Waals surface area contributed by atoms with E-state index in [0.29, 0.717) is 6.54 Å². The molecule has 3 amide bonds. The van der Waals surface area contributed by atoms with Crippen molar-refractivity contribution in [2.24, 2.45) is 5.92 Å². The minimum absolute atomic E-state index is 0.0901. The van der Waals surface area contributed by atoms with Crippen LogP contribution in [-0.4, -0.2) is 76.3 Å². The average molecular weight is 576 g/mol. The molecule has 5 N–H and O–H groups in total. The highest BCUT2D eigenvalue weighted by atomic mass is 32.2. The van der Waals surface area contributed by atoms with Gasteiger partial charge in [0.1, 0.15) is 6.04 Å². The molecule has 3 atom stereocenters. The van der Waals surface area contributed by atoms with Gasteiger partial charge in [-0.3, -0.25) is 18.7 Å². The van der Waals surface area contributed by atoms with Crippen molar-refractivity contribution in [3.63, 3.8) is 0 Å². The SMILES string of the molecule is CC(C)CNC(=O)[C@@H](NCCNC(=O)c1cc(C(=O)N[C@H](C)c2ccccc2)cc(N(C)S(C)(=O)=O)c1)[C@@H](C)O. The van der Waals surface area contributed by atoms with Crippen molar-refractivity contribution in [2.45, 2.75) is 45.9 Å². The molecule has 11 nitrogen and oxygen atoms in total. The zero-order valence-corrected chi connectivity index (χ0v) is 24.7. The maximum atomic E-state index is 13.1. The number of aliphatic hydroxyl groups is 1. The normalized spacial score (nSPS) is 13.7. The van der Waals surface area contributed by atoms with E-state index in [4.69, 9.17) is 0 Å². The lowest BCUT2D eigenvalue weighted by molar-refractivity contribution is -0.125. The zero-order chi connectivity index (χ0) is 30.0. The Bertz CT molecular complexity index is 1270. The summed E-state index contributed by atoms with van der Waals surface area (Å²) in [4.78, 5) is 38.5. The number of carbonyl (C=O) groups excluding carboxylic acids is 3. The Kier molecular flexibility index (Phi) is 12.1. The van der Waals surface area contributed by atoms with E-state index in [2.05, 4.69) is 21.3 Å². The van der Waals surface area contributed by atoms with Gasteiger partial charge in [-0.2, -0.15) is 0 Å². The monoisotopic (exact) mass is 575 g/mol. The first-order valence-corrected chi connectivity index (χ1v) is 15.0. The second-order valence-electron chi connectivity index (χ2n) is 10.2. The summed E-state index contributed by atoms with van der Waals surface area (Å²) in [6.45, 7) is 8.01. The summed E-state index contributed by atoms with van der Waals surface area (Å²) in [6, 6.07) is 12.4. The number of hydrogen-bond donors (Lipinski definition) is 5. The van der Waals surface area contributed by atoms with E-state index in [0.717, 1.165) is 16.1 Å². The molecule has 2 rings (SSSR count). The van der Waals surface area contributed by atoms with Gasteiger partial charge < -0.3 is 26.4 Å². The van der Waals surface area contributed by atoms with Crippen LogP contribution in [0.2, 0.25) is 0 Å². The summed E-state index contributed by atoms with van der Waals surface area (Å²) in [5, 5.41) is 21.3. The summed E-state index contributed by atoms with van der Waals surface area (Å²) >= 11 is 0. The van der Waals surface area contributed by atoms with Crippen LogP contribution in [0.1, 0.15) is 60.0 Å². The quantitative estimate of drug-likeness (QED) is 0.213. The van der Waals surface area contributed by atoms with E-state index in [9.17, 15) is 27.9 Å². The lowest BCUT2D eigenvalue weighted by Gasteiger charge is -2.22. The van der Waals surface area contributed by atoms with Gasteiger partial charge in [0.05, 0.1) is 24.1 Å². The van der Waals surface area contributed by atoms with Crippen molar-refractivity contribution in [1.29, 1.82) is 0 Å². The Morgan fingerprint density at radius 2 is 1.50 bits per heavy atom. The van der Waals surface area contributed by atoms with E-state index >= 15 is 0 Å². The number of nitrogens with one attached hydrogen (secondary N) is 4. The summed E-state index contributed by atoms with van der Waals surface area (Å²) in [5.74, 6) is -1.09. The summed E-state index contributed by atoms with van der Waals surface area (Å²) in [6.07, 6.45) is 0.0730. The molecule has 0 saturated heterocycles. The fourth-order valence-corrected chi connectivity index (χ4v) is 4.24. The summed E-state index contributed by atoms with van der Waals surface area (Å²) in [7, 11) is -2.33. The Morgan fingerprint density at radius 1 is 0.900 bits per heavy atom. The van der Waals surface area contributed by atoms with Crippen LogP contribution in [0.3, 0.4) is 0 Å². The van der Waals surface area contributed by atoms with Gasteiger partial charge >= 0.3 is 0 Å². The molecule has 0 spiro atoms. The molecule has 0 radical (unpaired) electrons. The molecule has 0 heterocycles. The number of aliphatic hydroxyl groups excluding tert-OH is 1. The molecular formula is C28H41N5O6S. The predicted molar refractivity (Wildman–Crippen MR) is 156 cm³/mol. The second kappa shape index (κ2) is 14.8. The molecule has 0 unspecified atom stereocenters. The fourth-order valence-electron chi connectivity index (χ4n) is 3.75. The highest BCUT2D eigenvalue weighted by molar-refractivity contribution is 7.92. The van der Waals surface area contributed by atoms with Crippen molar-refractivity contribution >= 4 is 33.4 Å². The minimum atomic E-state index is -3.67. The third-order valence-electron chi connectivity index (χ3n) is 6.17. The lowest BCUT2D eigenvalue weighted by atomic mass is 10.1. The van der Waals surface area contributed by atoms with E-state index in [1.54, 1.807) is 0 Å². The Morgan fingerprint density at radius 3 is 2.05 bits per heavy atom. The number of benzene rings is 2. The second-order valence-corrected chi connectivity index (χ2v) is 12.2. The molecule has 0 saturated carbocycles. The third-order valence-corrected chi connectivity index (χ3v) is 7.38. The van der Waals surface area contributed by atoms with Gasteiger partial charge in [0.25, 0.3) is 11.8 Å². The Balaban J connectivity index is 2.16. The van der Waals surface area contributed by atoms with Crippen molar-refractivity contribution in [2.75, 3.05) is 37.2 Å². The van der Waals surface area contributed by atoms with Gasteiger partial charge in [-0.15, -0.1) is 0 Å². The van der Waals surface area contributed by atoms with E-state index < -0.39 is 34.0 Å². The first-order chi connectivity index (χ1) is 18.7. The number of amides is 3. The number of rotatable bonds is 14. The Labute approximate surface area is 236 Å². The number of carbonyl (C=O) groups is 3. The molecule has 0 bridgehead atoms. The van der Waals surface area contributed by atoms with Crippen LogP contribution in [0.4, 0.5) is 5.69 Å². The van der Waals surface area contributed by atoms with Gasteiger partial charge in [-0.25, -0.2) is 8.42 Å².